The fraction of sp³-hybridized carbons (Fsp3) is 0.438. The van der Waals surface area contributed by atoms with Gasteiger partial charge < -0.3 is 15.4 Å². The second kappa shape index (κ2) is 8.99. The van der Waals surface area contributed by atoms with Crippen molar-refractivity contribution in [2.45, 2.75) is 40.3 Å². The summed E-state index contributed by atoms with van der Waals surface area (Å²) in [6.45, 7) is 7.37. The van der Waals surface area contributed by atoms with Crippen LogP contribution in [0.1, 0.15) is 39.2 Å². The molecule has 0 amide bonds. The Morgan fingerprint density at radius 2 is 2.13 bits per heavy atom. The molecule has 1 rings (SSSR count). The topological polar surface area (TPSA) is 88.8 Å². The van der Waals surface area contributed by atoms with Gasteiger partial charge in [0.2, 0.25) is 0 Å². The molecule has 0 aliphatic rings. The van der Waals surface area contributed by atoms with E-state index in [1.807, 2.05) is 13.8 Å². The Bertz CT molecular complexity index is 641. The minimum Gasteiger partial charge on any atom is -0.395 e. The van der Waals surface area contributed by atoms with Gasteiger partial charge in [-0.2, -0.15) is 0 Å². The van der Waals surface area contributed by atoms with E-state index in [0.717, 1.165) is 6.34 Å². The van der Waals surface area contributed by atoms with Gasteiger partial charge in [0.25, 0.3) is 0 Å². The molecule has 1 aromatic rings. The van der Waals surface area contributed by atoms with Gasteiger partial charge in [-0.25, -0.2) is 14.4 Å². The first-order valence-electron chi connectivity index (χ1n) is 7.47. The maximum absolute atomic E-state index is 14.1. The summed E-state index contributed by atoms with van der Waals surface area (Å²) in [7, 11) is 0. The van der Waals surface area contributed by atoms with E-state index >= 15 is 0 Å². The Morgan fingerprint density at radius 3 is 2.61 bits per heavy atom. The lowest BCUT2D eigenvalue weighted by molar-refractivity contribution is 0.275. The second-order valence-electron chi connectivity index (χ2n) is 5.03. The van der Waals surface area contributed by atoms with E-state index in [2.05, 4.69) is 15.0 Å². The van der Waals surface area contributed by atoms with Crippen LogP contribution >= 0.6 is 0 Å². The normalized spacial score (nSPS) is 14.3. The van der Waals surface area contributed by atoms with Crippen LogP contribution in [0.3, 0.4) is 0 Å². The molecule has 1 aromatic heterocycles. The van der Waals surface area contributed by atoms with Crippen LogP contribution in [-0.2, 0) is 6.54 Å². The molecular weight excluding hydrogens is 297 g/mol. The highest BCUT2D eigenvalue weighted by Crippen LogP contribution is 2.24. The van der Waals surface area contributed by atoms with Gasteiger partial charge in [-0.1, -0.05) is 12.2 Å². The number of rotatable bonds is 6. The molecule has 0 spiro atoms. The van der Waals surface area contributed by atoms with E-state index in [1.165, 1.54) is 6.08 Å². The highest BCUT2D eigenvalue weighted by Gasteiger charge is 2.17. The lowest BCUT2D eigenvalue weighted by atomic mass is 10.2. The molecule has 0 bridgehead atoms. The molecule has 23 heavy (non-hydrogen) atoms. The average Bonchev–Trinajstić information content (AvgIpc) is 2.91. The number of aliphatic hydroxyl groups is 1. The number of aliphatic imine (C=N–C) groups is 2. The molecule has 7 heteroatoms. The summed E-state index contributed by atoms with van der Waals surface area (Å²) in [5.41, 5.74) is 6.21. The number of nitrogens with two attached hydrogens (primary N) is 1. The molecule has 0 unspecified atom stereocenters. The molecule has 6 nitrogen and oxygen atoms in total. The van der Waals surface area contributed by atoms with Crippen LogP contribution < -0.4 is 5.73 Å². The summed E-state index contributed by atoms with van der Waals surface area (Å²) in [6, 6.07) is 0.00797. The van der Waals surface area contributed by atoms with E-state index in [9.17, 15) is 9.50 Å². The number of nitrogens with zero attached hydrogens (tertiary/aromatic N) is 4. The zero-order valence-corrected chi connectivity index (χ0v) is 14.0. The van der Waals surface area contributed by atoms with E-state index in [4.69, 9.17) is 5.73 Å². The molecule has 0 fully saturated rings. The van der Waals surface area contributed by atoms with Crippen LogP contribution in [0, 0.1) is 0 Å². The average molecular weight is 321 g/mol. The number of hydrogen-bond donors (Lipinski definition) is 2. The molecule has 0 atom stereocenters. The third kappa shape index (κ3) is 4.85. The largest absolute Gasteiger partial charge is 0.395 e. The lowest BCUT2D eigenvalue weighted by Crippen LogP contribution is -2.06. The molecule has 0 radical (unpaired) electrons. The van der Waals surface area contributed by atoms with Gasteiger partial charge >= 0.3 is 0 Å². The number of hydrogen-bond acceptors (Lipinski definition) is 3. The van der Waals surface area contributed by atoms with Crippen LogP contribution in [0.2, 0.25) is 0 Å². The van der Waals surface area contributed by atoms with Gasteiger partial charge in [-0.05, 0) is 27.7 Å². The van der Waals surface area contributed by atoms with Crippen molar-refractivity contribution in [2.24, 2.45) is 15.7 Å². The summed E-state index contributed by atoms with van der Waals surface area (Å²) >= 11 is 0. The van der Waals surface area contributed by atoms with Gasteiger partial charge in [0.1, 0.15) is 17.3 Å². The van der Waals surface area contributed by atoms with Crippen LogP contribution in [0.4, 0.5) is 4.39 Å². The number of imidazole rings is 1. The van der Waals surface area contributed by atoms with Gasteiger partial charge in [-0.15, -0.1) is 0 Å². The Balaban J connectivity index is 3.47. The van der Waals surface area contributed by atoms with Crippen molar-refractivity contribution in [3.05, 3.63) is 35.7 Å². The highest BCUT2D eigenvalue weighted by molar-refractivity contribution is 6.01. The van der Waals surface area contributed by atoms with Gasteiger partial charge in [0, 0.05) is 24.4 Å². The minimum absolute atomic E-state index is 0.00797. The molecule has 0 aliphatic carbocycles. The summed E-state index contributed by atoms with van der Waals surface area (Å²) in [4.78, 5) is 12.9. The Kier molecular flexibility index (Phi) is 7.34. The first-order chi connectivity index (χ1) is 11.0. The molecule has 3 N–H and O–H groups in total. The summed E-state index contributed by atoms with van der Waals surface area (Å²) in [6.07, 6.45) is 5.84. The maximum Gasteiger partial charge on any atom is 0.176 e. The van der Waals surface area contributed by atoms with Crippen LogP contribution in [-0.4, -0.2) is 39.5 Å². The number of halogens is 1. The van der Waals surface area contributed by atoms with Crippen molar-refractivity contribution in [3.8, 4) is 0 Å². The van der Waals surface area contributed by atoms with Crippen molar-refractivity contribution in [1.82, 2.24) is 9.55 Å². The molecule has 126 valence electrons. The van der Waals surface area contributed by atoms with E-state index in [-0.39, 0.29) is 25.0 Å². The van der Waals surface area contributed by atoms with Gasteiger partial charge in [-0.3, -0.25) is 4.99 Å². The third-order valence-electron chi connectivity index (χ3n) is 2.96. The fourth-order valence-electron chi connectivity index (χ4n) is 2.03. The first-order valence-corrected chi connectivity index (χ1v) is 7.47. The SMILES string of the molecule is CC=C(F)/C(=C\C)c1nc(C(N=CN)=NC(C)C)cn1CCO. The predicted octanol–water partition coefficient (Wildman–Crippen LogP) is 2.29. The van der Waals surface area contributed by atoms with E-state index in [1.54, 1.807) is 30.7 Å². The number of amidine groups is 1. The van der Waals surface area contributed by atoms with Crippen molar-refractivity contribution in [3.63, 3.8) is 0 Å². The Hall–Kier alpha value is -2.28. The fourth-order valence-corrected chi connectivity index (χ4v) is 2.03. The van der Waals surface area contributed by atoms with E-state index in [0.29, 0.717) is 22.9 Å². The van der Waals surface area contributed by atoms with Crippen molar-refractivity contribution >= 4 is 17.7 Å². The summed E-state index contributed by atoms with van der Waals surface area (Å²) < 4.78 is 15.7. The lowest BCUT2D eigenvalue weighted by Gasteiger charge is -2.07. The molecule has 0 aliphatic heterocycles. The standard InChI is InChI=1S/C16H24FN5O/c1-5-12(13(17)6-2)16-21-14(9-22(16)7-8-23)15(19-10-18)20-11(3)4/h5-6,9-11,23H,7-8H2,1-4H3,(H2,18,19,20)/b12-5+,13-6?. The smallest absolute Gasteiger partial charge is 0.176 e. The van der Waals surface area contributed by atoms with Crippen molar-refractivity contribution < 1.29 is 9.50 Å². The molecule has 0 saturated carbocycles. The van der Waals surface area contributed by atoms with Crippen LogP contribution in [0.25, 0.3) is 5.57 Å². The van der Waals surface area contributed by atoms with Crippen molar-refractivity contribution in [2.75, 3.05) is 6.61 Å². The predicted molar refractivity (Wildman–Crippen MR) is 92.2 cm³/mol. The molecular formula is C16H24FN5O. The van der Waals surface area contributed by atoms with Crippen LogP contribution in [0.15, 0.2) is 34.2 Å². The van der Waals surface area contributed by atoms with Crippen molar-refractivity contribution in [1.29, 1.82) is 0 Å². The monoisotopic (exact) mass is 321 g/mol. The quantitative estimate of drug-likeness (QED) is 0.478. The van der Waals surface area contributed by atoms with Gasteiger partial charge in [0.05, 0.1) is 12.9 Å². The molecule has 1 heterocycles. The zero-order chi connectivity index (χ0) is 17.4. The zero-order valence-electron chi connectivity index (χ0n) is 14.0. The summed E-state index contributed by atoms with van der Waals surface area (Å²) in [5, 5.41) is 9.23. The van der Waals surface area contributed by atoms with Gasteiger partial charge in [0.15, 0.2) is 5.84 Å². The maximum atomic E-state index is 14.1. The first kappa shape index (κ1) is 18.8. The Morgan fingerprint density at radius 1 is 1.43 bits per heavy atom. The van der Waals surface area contributed by atoms with E-state index < -0.39 is 0 Å². The third-order valence-corrected chi connectivity index (χ3v) is 2.96. The second-order valence-corrected chi connectivity index (χ2v) is 5.03. The molecule has 0 saturated heterocycles. The Labute approximate surface area is 136 Å². The highest BCUT2D eigenvalue weighted by atomic mass is 19.1. The number of allylic oxidation sites excluding steroid dienone is 4. The minimum atomic E-state index is -0.381. The molecule has 0 aromatic carbocycles. The van der Waals surface area contributed by atoms with Crippen LogP contribution in [0.5, 0.6) is 0 Å². The number of aromatic nitrogens is 2. The number of aliphatic hydroxyl groups excluding tert-OH is 1. The summed E-state index contributed by atoms with van der Waals surface area (Å²) in [5.74, 6) is 0.404.